The van der Waals surface area contributed by atoms with E-state index < -0.39 is 12.2 Å². The Kier molecular flexibility index (Phi) is 3.27. The number of ether oxygens (including phenoxy) is 2. The molecule has 1 amide bonds. The Labute approximate surface area is 98.9 Å². The first-order chi connectivity index (χ1) is 8.20. The molecule has 90 valence electrons. The van der Waals surface area contributed by atoms with E-state index in [1.807, 2.05) is 30.3 Å². The van der Waals surface area contributed by atoms with E-state index in [4.69, 9.17) is 4.74 Å². The van der Waals surface area contributed by atoms with Gasteiger partial charge in [0.15, 0.2) is 0 Å². The number of methoxy groups -OCH3 is 1. The molecule has 1 saturated heterocycles. The number of amides is 1. The third-order valence-corrected chi connectivity index (χ3v) is 2.56. The lowest BCUT2D eigenvalue weighted by Gasteiger charge is -2.12. The Morgan fingerprint density at radius 3 is 2.82 bits per heavy atom. The molecule has 1 aliphatic heterocycles. The van der Waals surface area contributed by atoms with Crippen molar-refractivity contribution in [1.82, 2.24) is 0 Å². The molecule has 1 unspecified atom stereocenters. The number of rotatable bonds is 3. The predicted molar refractivity (Wildman–Crippen MR) is 60.7 cm³/mol. The maximum absolute atomic E-state index is 11.6. The first kappa shape index (κ1) is 11.4. The number of hydrogen-bond donors (Lipinski definition) is 0. The summed E-state index contributed by atoms with van der Waals surface area (Å²) in [7, 11) is 1.31. The summed E-state index contributed by atoms with van der Waals surface area (Å²) in [6.45, 7) is 0.373. The zero-order valence-corrected chi connectivity index (χ0v) is 9.46. The molecule has 0 spiro atoms. The van der Waals surface area contributed by atoms with Crippen LogP contribution in [0.5, 0.6) is 0 Å². The maximum atomic E-state index is 11.6. The van der Waals surface area contributed by atoms with E-state index in [1.54, 1.807) is 0 Å². The molecule has 0 aromatic heterocycles. The van der Waals surface area contributed by atoms with Gasteiger partial charge < -0.3 is 9.47 Å². The smallest absolute Gasteiger partial charge is 0.414 e. The first-order valence-electron chi connectivity index (χ1n) is 5.30. The van der Waals surface area contributed by atoms with Crippen LogP contribution in [0.3, 0.4) is 0 Å². The van der Waals surface area contributed by atoms with Gasteiger partial charge in [0.2, 0.25) is 0 Å². The lowest BCUT2D eigenvalue weighted by atomic mass is 10.2. The van der Waals surface area contributed by atoms with E-state index in [0.29, 0.717) is 6.54 Å². The van der Waals surface area contributed by atoms with E-state index in [9.17, 15) is 9.59 Å². The summed E-state index contributed by atoms with van der Waals surface area (Å²) in [4.78, 5) is 24.2. The van der Waals surface area contributed by atoms with Crippen molar-refractivity contribution in [2.45, 2.75) is 12.5 Å². The van der Waals surface area contributed by atoms with Gasteiger partial charge in [-0.25, -0.2) is 4.79 Å². The number of para-hydroxylation sites is 1. The molecule has 5 nitrogen and oxygen atoms in total. The summed E-state index contributed by atoms with van der Waals surface area (Å²) in [5, 5.41) is 0. The van der Waals surface area contributed by atoms with Gasteiger partial charge in [-0.3, -0.25) is 9.69 Å². The Balaban J connectivity index is 2.03. The van der Waals surface area contributed by atoms with Gasteiger partial charge in [-0.2, -0.15) is 0 Å². The fourth-order valence-electron chi connectivity index (χ4n) is 1.72. The highest BCUT2D eigenvalue weighted by molar-refractivity contribution is 5.90. The van der Waals surface area contributed by atoms with Crippen LogP contribution in [0.4, 0.5) is 10.5 Å². The highest BCUT2D eigenvalue weighted by Gasteiger charge is 2.33. The Hall–Kier alpha value is -2.04. The molecule has 0 bridgehead atoms. The van der Waals surface area contributed by atoms with Crippen molar-refractivity contribution >= 4 is 17.7 Å². The van der Waals surface area contributed by atoms with E-state index >= 15 is 0 Å². The average Bonchev–Trinajstić information content (AvgIpc) is 2.71. The molecule has 0 radical (unpaired) electrons. The van der Waals surface area contributed by atoms with Gasteiger partial charge in [-0.05, 0) is 12.1 Å². The minimum atomic E-state index is -0.435. The summed E-state index contributed by atoms with van der Waals surface area (Å²) in [5.41, 5.74) is 0.768. The predicted octanol–water partition coefficient (Wildman–Crippen LogP) is 1.57. The van der Waals surface area contributed by atoms with Crippen molar-refractivity contribution in [1.29, 1.82) is 0 Å². The number of benzene rings is 1. The van der Waals surface area contributed by atoms with Crippen molar-refractivity contribution in [3.05, 3.63) is 30.3 Å². The summed E-state index contributed by atoms with van der Waals surface area (Å²) >= 11 is 0. The molecule has 1 fully saturated rings. The first-order valence-corrected chi connectivity index (χ1v) is 5.30. The second kappa shape index (κ2) is 4.86. The molecule has 1 aromatic carbocycles. The van der Waals surface area contributed by atoms with E-state index in [1.165, 1.54) is 12.0 Å². The summed E-state index contributed by atoms with van der Waals surface area (Å²) in [5.74, 6) is -0.377. The molecular formula is C12H13NO4. The van der Waals surface area contributed by atoms with Crippen LogP contribution in [0, 0.1) is 0 Å². The van der Waals surface area contributed by atoms with Gasteiger partial charge in [0.05, 0.1) is 20.1 Å². The van der Waals surface area contributed by atoms with Gasteiger partial charge >= 0.3 is 12.1 Å². The third-order valence-electron chi connectivity index (χ3n) is 2.56. The van der Waals surface area contributed by atoms with E-state index in [-0.39, 0.29) is 12.4 Å². The maximum Gasteiger partial charge on any atom is 0.414 e. The lowest BCUT2D eigenvalue weighted by Crippen LogP contribution is -2.25. The minimum Gasteiger partial charge on any atom is -0.469 e. The van der Waals surface area contributed by atoms with Crippen LogP contribution in [0.1, 0.15) is 6.42 Å². The van der Waals surface area contributed by atoms with Crippen LogP contribution in [0.15, 0.2) is 30.3 Å². The van der Waals surface area contributed by atoms with Crippen LogP contribution in [-0.2, 0) is 14.3 Å². The van der Waals surface area contributed by atoms with Gasteiger partial charge in [0.1, 0.15) is 6.10 Å². The number of anilines is 1. The highest BCUT2D eigenvalue weighted by atomic mass is 16.6. The molecular weight excluding hydrogens is 222 g/mol. The van der Waals surface area contributed by atoms with Crippen molar-refractivity contribution < 1.29 is 19.1 Å². The van der Waals surface area contributed by atoms with Crippen molar-refractivity contribution in [3.63, 3.8) is 0 Å². The van der Waals surface area contributed by atoms with Crippen LogP contribution < -0.4 is 4.90 Å². The second-order valence-electron chi connectivity index (χ2n) is 3.73. The minimum absolute atomic E-state index is 0.0889. The molecule has 1 heterocycles. The number of hydrogen-bond acceptors (Lipinski definition) is 4. The monoisotopic (exact) mass is 235 g/mol. The zero-order valence-electron chi connectivity index (χ0n) is 9.46. The molecule has 1 aliphatic rings. The summed E-state index contributed by atoms with van der Waals surface area (Å²) < 4.78 is 9.63. The molecule has 2 rings (SSSR count). The van der Waals surface area contributed by atoms with Gasteiger partial charge in [-0.1, -0.05) is 18.2 Å². The molecule has 1 atom stereocenters. The number of esters is 1. The number of cyclic esters (lactones) is 1. The van der Waals surface area contributed by atoms with Crippen LogP contribution in [0.2, 0.25) is 0 Å². The molecule has 5 heteroatoms. The SMILES string of the molecule is COC(=O)CC1CN(c2ccccc2)C(=O)O1. The number of carbonyl (C=O) groups excluding carboxylic acids is 2. The largest absolute Gasteiger partial charge is 0.469 e. The Morgan fingerprint density at radius 2 is 2.18 bits per heavy atom. The Morgan fingerprint density at radius 1 is 1.47 bits per heavy atom. The van der Waals surface area contributed by atoms with Crippen LogP contribution in [-0.4, -0.2) is 31.8 Å². The van der Waals surface area contributed by atoms with Crippen LogP contribution in [0.25, 0.3) is 0 Å². The number of nitrogens with zero attached hydrogens (tertiary/aromatic N) is 1. The molecule has 0 saturated carbocycles. The summed E-state index contributed by atoms with van der Waals surface area (Å²) in [6, 6.07) is 9.20. The molecule has 0 aliphatic carbocycles. The third kappa shape index (κ3) is 2.55. The van der Waals surface area contributed by atoms with Gasteiger partial charge in [0, 0.05) is 5.69 Å². The summed E-state index contributed by atoms with van der Waals surface area (Å²) in [6.07, 6.45) is -0.772. The fraction of sp³-hybridized carbons (Fsp3) is 0.333. The van der Waals surface area contributed by atoms with Gasteiger partial charge in [0.25, 0.3) is 0 Å². The zero-order chi connectivity index (χ0) is 12.3. The normalized spacial score (nSPS) is 19.0. The van der Waals surface area contributed by atoms with E-state index in [2.05, 4.69) is 4.74 Å². The highest BCUT2D eigenvalue weighted by Crippen LogP contribution is 2.22. The molecule has 0 N–H and O–H groups in total. The topological polar surface area (TPSA) is 55.8 Å². The van der Waals surface area contributed by atoms with Crippen LogP contribution >= 0.6 is 0 Å². The fourth-order valence-corrected chi connectivity index (χ4v) is 1.72. The lowest BCUT2D eigenvalue weighted by molar-refractivity contribution is -0.142. The molecule has 17 heavy (non-hydrogen) atoms. The van der Waals surface area contributed by atoms with Crippen molar-refractivity contribution in [2.24, 2.45) is 0 Å². The molecule has 1 aromatic rings. The average molecular weight is 235 g/mol. The van der Waals surface area contributed by atoms with Gasteiger partial charge in [-0.15, -0.1) is 0 Å². The standard InChI is InChI=1S/C12H13NO4/c1-16-11(14)7-10-8-13(12(15)17-10)9-5-3-2-4-6-9/h2-6,10H,7-8H2,1H3. The van der Waals surface area contributed by atoms with E-state index in [0.717, 1.165) is 5.69 Å². The Bertz CT molecular complexity index is 418. The van der Waals surface area contributed by atoms with Crippen molar-refractivity contribution in [2.75, 3.05) is 18.6 Å². The van der Waals surface area contributed by atoms with Crippen molar-refractivity contribution in [3.8, 4) is 0 Å². The number of carbonyl (C=O) groups is 2. The second-order valence-corrected chi connectivity index (χ2v) is 3.73. The quantitative estimate of drug-likeness (QED) is 0.746.